The van der Waals surface area contributed by atoms with Crippen LogP contribution in [0.15, 0.2) is 76.0 Å². The number of hydrogen-bond donors (Lipinski definition) is 2. The topological polar surface area (TPSA) is 118 Å². The second-order valence-corrected chi connectivity index (χ2v) is 8.60. The van der Waals surface area contributed by atoms with Gasteiger partial charge >= 0.3 is 0 Å². The highest BCUT2D eigenvalue weighted by Gasteiger charge is 2.19. The van der Waals surface area contributed by atoms with Crippen LogP contribution in [-0.4, -0.2) is 29.5 Å². The molecular weight excluding hydrogens is 404 g/mol. The molecule has 0 saturated heterocycles. The molecule has 1 amide bonds. The summed E-state index contributed by atoms with van der Waals surface area (Å²) in [6, 6.07) is 18.1. The number of nitrogens with zero attached hydrogens (tertiary/aromatic N) is 2. The van der Waals surface area contributed by atoms with Crippen molar-refractivity contribution in [1.29, 1.82) is 0 Å². The molecule has 8 nitrogen and oxygen atoms in total. The number of H-pyrrole nitrogens is 1. The first-order valence-corrected chi connectivity index (χ1v) is 10.7. The quantitative estimate of drug-likeness (QED) is 0.490. The average Bonchev–Trinajstić information content (AvgIpc) is 3.38. The number of nitrogens with one attached hydrogen (secondary N) is 2. The highest BCUT2D eigenvalue weighted by Crippen LogP contribution is 2.20. The maximum atomic E-state index is 12.4. The lowest BCUT2D eigenvalue weighted by atomic mass is 10.2. The molecule has 0 saturated carbocycles. The average molecular weight is 422 g/mol. The zero-order valence-electron chi connectivity index (χ0n) is 16.0. The van der Waals surface area contributed by atoms with Gasteiger partial charge in [0.25, 0.3) is 5.91 Å². The first-order valence-electron chi connectivity index (χ1n) is 9.08. The molecule has 0 unspecified atom stereocenters. The Morgan fingerprint density at radius 3 is 2.43 bits per heavy atom. The van der Waals surface area contributed by atoms with Crippen LogP contribution in [0, 0.1) is 6.92 Å². The summed E-state index contributed by atoms with van der Waals surface area (Å²) in [6.07, 6.45) is 0. The number of carbonyl (C=O) groups is 1. The summed E-state index contributed by atoms with van der Waals surface area (Å²) in [5.74, 6) is 0.710. The number of sulfone groups is 1. The van der Waals surface area contributed by atoms with Crippen molar-refractivity contribution in [2.45, 2.75) is 17.6 Å². The lowest BCUT2D eigenvalue weighted by Gasteiger charge is -2.04. The van der Waals surface area contributed by atoms with Gasteiger partial charge in [-0.25, -0.2) is 13.4 Å². The Morgan fingerprint density at radius 1 is 1.03 bits per heavy atom. The molecule has 0 fully saturated rings. The third kappa shape index (κ3) is 4.31. The van der Waals surface area contributed by atoms with Crippen LogP contribution in [0.2, 0.25) is 0 Å². The smallest absolute Gasteiger partial charge is 0.291 e. The predicted octanol–water partition coefficient (Wildman–Crippen LogP) is 3.60. The van der Waals surface area contributed by atoms with Gasteiger partial charge in [-0.05, 0) is 55.5 Å². The summed E-state index contributed by atoms with van der Waals surface area (Å²) in [7, 11) is -3.55. The fraction of sp³-hybridized carbons (Fsp3) is 0.0952. The molecule has 2 aromatic carbocycles. The Hall–Kier alpha value is -3.72. The molecule has 9 heteroatoms. The number of aryl methyl sites for hydroxylation is 1. The number of aromatic amines is 1. The van der Waals surface area contributed by atoms with Crippen molar-refractivity contribution in [1.82, 2.24) is 15.2 Å². The molecule has 0 radical (unpaired) electrons. The number of benzene rings is 2. The third-order valence-electron chi connectivity index (χ3n) is 4.32. The van der Waals surface area contributed by atoms with E-state index in [1.54, 1.807) is 42.5 Å². The molecule has 4 rings (SSSR count). The van der Waals surface area contributed by atoms with Gasteiger partial charge in [0.1, 0.15) is 17.3 Å². The Bertz CT molecular complexity index is 1280. The van der Waals surface area contributed by atoms with Crippen molar-refractivity contribution in [2.24, 2.45) is 0 Å². The van der Waals surface area contributed by atoms with Crippen LogP contribution in [0.5, 0.6) is 0 Å². The van der Waals surface area contributed by atoms with E-state index in [-0.39, 0.29) is 22.2 Å². The molecule has 30 heavy (non-hydrogen) atoms. The molecule has 0 bridgehead atoms. The number of carbonyl (C=O) groups excluding carboxylic acids is 1. The lowest BCUT2D eigenvalue weighted by Crippen LogP contribution is -2.11. The van der Waals surface area contributed by atoms with Crippen LogP contribution in [0.3, 0.4) is 0 Å². The van der Waals surface area contributed by atoms with Gasteiger partial charge in [-0.1, -0.05) is 18.2 Å². The van der Waals surface area contributed by atoms with Gasteiger partial charge in [0.05, 0.1) is 4.90 Å². The van der Waals surface area contributed by atoms with Gasteiger partial charge in [-0.2, -0.15) is 5.10 Å². The fourth-order valence-electron chi connectivity index (χ4n) is 2.84. The van der Waals surface area contributed by atoms with E-state index in [0.29, 0.717) is 17.3 Å². The summed E-state index contributed by atoms with van der Waals surface area (Å²) in [5, 5.41) is 9.59. The van der Waals surface area contributed by atoms with E-state index >= 15 is 0 Å². The SMILES string of the molecule is Cc1nc(-c2ccc(NC(=O)c3ccc(CS(=O)(=O)c4ccccc4)o3)cc2)n[nH]1. The summed E-state index contributed by atoms with van der Waals surface area (Å²) in [5.41, 5.74) is 1.37. The monoisotopic (exact) mass is 422 g/mol. The number of amides is 1. The van der Waals surface area contributed by atoms with Gasteiger partial charge < -0.3 is 9.73 Å². The number of rotatable bonds is 6. The molecule has 0 aliphatic rings. The van der Waals surface area contributed by atoms with E-state index in [1.807, 2.05) is 6.92 Å². The molecule has 0 aliphatic carbocycles. The zero-order valence-corrected chi connectivity index (χ0v) is 16.8. The normalized spacial score (nSPS) is 11.4. The summed E-state index contributed by atoms with van der Waals surface area (Å²) in [4.78, 5) is 16.9. The maximum Gasteiger partial charge on any atom is 0.291 e. The highest BCUT2D eigenvalue weighted by atomic mass is 32.2. The van der Waals surface area contributed by atoms with Crippen molar-refractivity contribution < 1.29 is 17.6 Å². The zero-order chi connectivity index (χ0) is 21.1. The largest absolute Gasteiger partial charge is 0.455 e. The first kappa shape index (κ1) is 19.6. The van der Waals surface area contributed by atoms with E-state index in [0.717, 1.165) is 5.56 Å². The van der Waals surface area contributed by atoms with Crippen LogP contribution in [0.25, 0.3) is 11.4 Å². The van der Waals surface area contributed by atoms with Crippen molar-refractivity contribution in [2.75, 3.05) is 5.32 Å². The van der Waals surface area contributed by atoms with E-state index < -0.39 is 15.7 Å². The molecule has 0 spiro atoms. The molecule has 0 aliphatic heterocycles. The van der Waals surface area contributed by atoms with Gasteiger partial charge in [-0.15, -0.1) is 0 Å². The minimum Gasteiger partial charge on any atom is -0.455 e. The van der Waals surface area contributed by atoms with Crippen molar-refractivity contribution in [3.8, 4) is 11.4 Å². The Balaban J connectivity index is 1.43. The Morgan fingerprint density at radius 2 is 1.77 bits per heavy atom. The number of hydrogen-bond acceptors (Lipinski definition) is 6. The molecular formula is C21H18N4O4S. The lowest BCUT2D eigenvalue weighted by molar-refractivity contribution is 0.0995. The van der Waals surface area contributed by atoms with Crippen molar-refractivity contribution >= 4 is 21.4 Å². The van der Waals surface area contributed by atoms with Crippen LogP contribution in [0.4, 0.5) is 5.69 Å². The molecule has 2 N–H and O–H groups in total. The van der Waals surface area contributed by atoms with E-state index in [9.17, 15) is 13.2 Å². The van der Waals surface area contributed by atoms with E-state index in [2.05, 4.69) is 20.5 Å². The second kappa shape index (κ2) is 7.96. The predicted molar refractivity (Wildman–Crippen MR) is 111 cm³/mol. The number of anilines is 1. The number of aromatic nitrogens is 3. The van der Waals surface area contributed by atoms with Crippen LogP contribution in [0.1, 0.15) is 22.1 Å². The fourth-order valence-corrected chi connectivity index (χ4v) is 4.11. The van der Waals surface area contributed by atoms with Crippen LogP contribution >= 0.6 is 0 Å². The summed E-state index contributed by atoms with van der Waals surface area (Å²) in [6.45, 7) is 1.81. The minimum absolute atomic E-state index is 0.0296. The molecule has 152 valence electrons. The van der Waals surface area contributed by atoms with Crippen LogP contribution in [-0.2, 0) is 15.6 Å². The van der Waals surface area contributed by atoms with Crippen molar-refractivity contribution in [3.05, 3.63) is 84.1 Å². The minimum atomic E-state index is -3.55. The first-order chi connectivity index (χ1) is 14.4. The highest BCUT2D eigenvalue weighted by molar-refractivity contribution is 7.90. The summed E-state index contributed by atoms with van der Waals surface area (Å²) < 4.78 is 30.4. The Kier molecular flexibility index (Phi) is 5.20. The molecule has 4 aromatic rings. The third-order valence-corrected chi connectivity index (χ3v) is 5.97. The van der Waals surface area contributed by atoms with Gasteiger partial charge in [0.15, 0.2) is 21.4 Å². The molecule has 0 atom stereocenters. The maximum absolute atomic E-state index is 12.4. The molecule has 2 aromatic heterocycles. The second-order valence-electron chi connectivity index (χ2n) is 6.61. The van der Waals surface area contributed by atoms with Gasteiger partial charge in [0.2, 0.25) is 0 Å². The van der Waals surface area contributed by atoms with Crippen LogP contribution < -0.4 is 5.32 Å². The van der Waals surface area contributed by atoms with E-state index in [1.165, 1.54) is 24.3 Å². The van der Waals surface area contributed by atoms with Gasteiger partial charge in [0, 0.05) is 11.3 Å². The number of furan rings is 1. The van der Waals surface area contributed by atoms with E-state index in [4.69, 9.17) is 4.42 Å². The Labute approximate surface area is 172 Å². The molecule has 2 heterocycles. The standard InChI is InChI=1S/C21H18N4O4S/c1-14-22-20(25-24-14)15-7-9-16(10-8-15)23-21(26)19-12-11-17(29-19)13-30(27,28)18-5-3-2-4-6-18/h2-12H,13H2,1H3,(H,23,26)(H,22,24,25). The van der Waals surface area contributed by atoms with Crippen molar-refractivity contribution in [3.63, 3.8) is 0 Å². The van der Waals surface area contributed by atoms with Gasteiger partial charge in [-0.3, -0.25) is 9.89 Å². The summed E-state index contributed by atoms with van der Waals surface area (Å²) >= 11 is 0.